The first kappa shape index (κ1) is 22.5. The summed E-state index contributed by atoms with van der Waals surface area (Å²) in [7, 11) is 2.93. The minimum atomic E-state index is -0.964. The summed E-state index contributed by atoms with van der Waals surface area (Å²) in [5, 5.41) is 6.32. The summed E-state index contributed by atoms with van der Waals surface area (Å²) in [4.78, 5) is 24.4. The molecule has 9 heteroatoms. The third-order valence-corrected chi connectivity index (χ3v) is 4.79. The van der Waals surface area contributed by atoms with Crippen LogP contribution in [0.1, 0.15) is 17.0 Å². The van der Waals surface area contributed by atoms with Gasteiger partial charge in [0, 0.05) is 23.0 Å². The molecule has 0 saturated carbocycles. The predicted octanol–water partition coefficient (Wildman–Crippen LogP) is 3.34. The summed E-state index contributed by atoms with van der Waals surface area (Å²) in [6.07, 6.45) is 1.40. The van der Waals surface area contributed by atoms with Crippen LogP contribution in [0.4, 0.5) is 10.1 Å². The van der Waals surface area contributed by atoms with Crippen molar-refractivity contribution in [2.45, 2.75) is 13.8 Å². The number of aromatic nitrogens is 1. The van der Waals surface area contributed by atoms with Crippen molar-refractivity contribution >= 4 is 23.7 Å². The van der Waals surface area contributed by atoms with Gasteiger partial charge in [-0.3, -0.25) is 9.59 Å². The Hall–Kier alpha value is -4.14. The molecule has 0 aliphatic heterocycles. The maximum Gasteiger partial charge on any atom is 0.329 e. The van der Waals surface area contributed by atoms with E-state index in [4.69, 9.17) is 9.47 Å². The Labute approximate surface area is 184 Å². The molecule has 32 heavy (non-hydrogen) atoms. The lowest BCUT2D eigenvalue weighted by atomic mass is 10.2. The van der Waals surface area contributed by atoms with Crippen molar-refractivity contribution in [2.24, 2.45) is 5.10 Å². The van der Waals surface area contributed by atoms with E-state index in [9.17, 15) is 14.0 Å². The molecule has 0 saturated heterocycles. The number of carbonyl (C=O) groups excluding carboxylic acids is 2. The first-order valence-corrected chi connectivity index (χ1v) is 9.66. The van der Waals surface area contributed by atoms with Crippen molar-refractivity contribution in [2.75, 3.05) is 19.5 Å². The van der Waals surface area contributed by atoms with Crippen molar-refractivity contribution < 1.29 is 23.5 Å². The van der Waals surface area contributed by atoms with Crippen molar-refractivity contribution in [3.63, 3.8) is 0 Å². The van der Waals surface area contributed by atoms with Crippen molar-refractivity contribution in [3.8, 4) is 17.2 Å². The number of rotatable bonds is 6. The van der Waals surface area contributed by atoms with Crippen LogP contribution < -0.4 is 20.2 Å². The molecule has 3 rings (SSSR count). The normalized spacial score (nSPS) is 10.8. The number of carbonyl (C=O) groups is 2. The van der Waals surface area contributed by atoms with E-state index in [1.807, 2.05) is 13.8 Å². The second kappa shape index (κ2) is 9.78. The van der Waals surface area contributed by atoms with Crippen molar-refractivity contribution in [3.05, 3.63) is 71.3 Å². The van der Waals surface area contributed by atoms with E-state index in [0.29, 0.717) is 22.7 Å². The Morgan fingerprint density at radius 1 is 1.03 bits per heavy atom. The number of amides is 2. The van der Waals surface area contributed by atoms with Gasteiger partial charge in [-0.1, -0.05) is 12.1 Å². The van der Waals surface area contributed by atoms with Gasteiger partial charge in [0.2, 0.25) is 0 Å². The zero-order chi connectivity index (χ0) is 23.3. The van der Waals surface area contributed by atoms with Crippen LogP contribution in [0.2, 0.25) is 0 Å². The molecule has 0 unspecified atom stereocenters. The molecule has 2 aromatic carbocycles. The first-order chi connectivity index (χ1) is 15.3. The number of hydrogen-bond acceptors (Lipinski definition) is 5. The van der Waals surface area contributed by atoms with Gasteiger partial charge in [0.15, 0.2) is 0 Å². The molecule has 1 aromatic heterocycles. The lowest BCUT2D eigenvalue weighted by molar-refractivity contribution is -0.136. The van der Waals surface area contributed by atoms with E-state index in [1.54, 1.807) is 41.0 Å². The number of aryl methyl sites for hydroxylation is 1. The Balaban J connectivity index is 1.70. The molecule has 0 aliphatic carbocycles. The number of benzene rings is 2. The molecule has 3 aromatic rings. The molecule has 1 heterocycles. The lowest BCUT2D eigenvalue weighted by Crippen LogP contribution is -2.32. The van der Waals surface area contributed by atoms with E-state index in [1.165, 1.54) is 32.6 Å². The number of para-hydroxylation sites is 1. The summed E-state index contributed by atoms with van der Waals surface area (Å²) in [6, 6.07) is 13.0. The highest BCUT2D eigenvalue weighted by molar-refractivity contribution is 6.39. The van der Waals surface area contributed by atoms with Crippen LogP contribution in [0.25, 0.3) is 5.69 Å². The predicted molar refractivity (Wildman–Crippen MR) is 119 cm³/mol. The number of ether oxygens (including phenoxy) is 2. The average Bonchev–Trinajstić information content (AvgIpc) is 3.06. The second-order valence-electron chi connectivity index (χ2n) is 6.83. The molecule has 0 spiro atoms. The fourth-order valence-corrected chi connectivity index (χ4v) is 3.22. The number of hydrazone groups is 1. The van der Waals surface area contributed by atoms with Crippen LogP contribution in [0, 0.1) is 19.7 Å². The number of nitrogens with zero attached hydrogens (tertiary/aromatic N) is 2. The topological polar surface area (TPSA) is 93.9 Å². The lowest BCUT2D eigenvalue weighted by Gasteiger charge is -2.11. The van der Waals surface area contributed by atoms with Crippen LogP contribution in [0.15, 0.2) is 53.6 Å². The van der Waals surface area contributed by atoms with Gasteiger partial charge < -0.3 is 19.4 Å². The fraction of sp³-hybridized carbons (Fsp3) is 0.174. The van der Waals surface area contributed by atoms with Gasteiger partial charge in [-0.15, -0.1) is 0 Å². The third kappa shape index (κ3) is 4.77. The molecule has 166 valence electrons. The standard InChI is InChI=1S/C23H23FN4O4/c1-14-11-16(15(2)28(14)20-8-6-5-7-18(20)24)13-25-27-23(30)22(29)26-19-12-17(31-3)9-10-21(19)32-4/h5-13H,1-4H3,(H,26,29)(H,27,30)/b25-13-. The van der Waals surface area contributed by atoms with E-state index in [0.717, 1.165) is 11.4 Å². The fourth-order valence-electron chi connectivity index (χ4n) is 3.22. The van der Waals surface area contributed by atoms with E-state index >= 15 is 0 Å². The largest absolute Gasteiger partial charge is 0.497 e. The summed E-state index contributed by atoms with van der Waals surface area (Å²) in [5.74, 6) is -1.38. The molecule has 2 amide bonds. The second-order valence-corrected chi connectivity index (χ2v) is 6.83. The van der Waals surface area contributed by atoms with Gasteiger partial charge in [-0.25, -0.2) is 9.82 Å². The minimum Gasteiger partial charge on any atom is -0.497 e. The zero-order valence-corrected chi connectivity index (χ0v) is 18.1. The molecule has 8 nitrogen and oxygen atoms in total. The van der Waals surface area contributed by atoms with Gasteiger partial charge in [-0.05, 0) is 44.2 Å². The molecular weight excluding hydrogens is 415 g/mol. The number of anilines is 1. The Bertz CT molecular complexity index is 1190. The monoisotopic (exact) mass is 438 g/mol. The average molecular weight is 438 g/mol. The summed E-state index contributed by atoms with van der Waals surface area (Å²) in [6.45, 7) is 3.65. The van der Waals surface area contributed by atoms with E-state index < -0.39 is 11.8 Å². The highest BCUT2D eigenvalue weighted by Crippen LogP contribution is 2.28. The van der Waals surface area contributed by atoms with Crippen molar-refractivity contribution in [1.82, 2.24) is 9.99 Å². The van der Waals surface area contributed by atoms with Gasteiger partial charge in [0.25, 0.3) is 0 Å². The quantitative estimate of drug-likeness (QED) is 0.351. The summed E-state index contributed by atoms with van der Waals surface area (Å²) < 4.78 is 26.2. The van der Waals surface area contributed by atoms with E-state index in [-0.39, 0.29) is 11.5 Å². The Morgan fingerprint density at radius 3 is 2.47 bits per heavy atom. The van der Waals surface area contributed by atoms with Gasteiger partial charge in [0.05, 0.1) is 31.8 Å². The number of nitrogens with one attached hydrogen (secondary N) is 2. The summed E-state index contributed by atoms with van der Waals surface area (Å²) >= 11 is 0. The Morgan fingerprint density at radius 2 is 1.78 bits per heavy atom. The molecule has 2 N–H and O–H groups in total. The van der Waals surface area contributed by atoms with Crippen LogP contribution in [0.3, 0.4) is 0 Å². The van der Waals surface area contributed by atoms with Gasteiger partial charge >= 0.3 is 11.8 Å². The SMILES string of the molecule is COc1ccc(OC)c(NC(=O)C(=O)N/N=C\c2cc(C)n(-c3ccccc3F)c2C)c1. The third-order valence-electron chi connectivity index (χ3n) is 4.79. The van der Waals surface area contributed by atoms with Crippen LogP contribution in [-0.2, 0) is 9.59 Å². The molecule has 0 fully saturated rings. The maximum absolute atomic E-state index is 14.2. The molecule has 0 bridgehead atoms. The van der Waals surface area contributed by atoms with Crippen LogP contribution >= 0.6 is 0 Å². The zero-order valence-electron chi connectivity index (χ0n) is 18.1. The molecule has 0 aliphatic rings. The van der Waals surface area contributed by atoms with Crippen LogP contribution in [-0.4, -0.2) is 36.8 Å². The van der Waals surface area contributed by atoms with Crippen LogP contribution in [0.5, 0.6) is 11.5 Å². The minimum absolute atomic E-state index is 0.282. The molecule has 0 atom stereocenters. The Kier molecular flexibility index (Phi) is 6.89. The maximum atomic E-state index is 14.2. The van der Waals surface area contributed by atoms with E-state index in [2.05, 4.69) is 15.8 Å². The number of hydrogen-bond donors (Lipinski definition) is 2. The molecular formula is C23H23FN4O4. The molecule has 0 radical (unpaired) electrons. The first-order valence-electron chi connectivity index (χ1n) is 9.66. The number of methoxy groups -OCH3 is 2. The highest BCUT2D eigenvalue weighted by Gasteiger charge is 2.17. The van der Waals surface area contributed by atoms with Crippen molar-refractivity contribution in [1.29, 1.82) is 0 Å². The van der Waals surface area contributed by atoms with Gasteiger partial charge in [-0.2, -0.15) is 5.10 Å². The summed E-state index contributed by atoms with van der Waals surface area (Å²) in [5.41, 5.74) is 5.08. The smallest absolute Gasteiger partial charge is 0.329 e. The van der Waals surface area contributed by atoms with Gasteiger partial charge in [0.1, 0.15) is 17.3 Å². The highest BCUT2D eigenvalue weighted by atomic mass is 19.1. The number of halogens is 1.